The molecule has 1 unspecified atom stereocenters. The van der Waals surface area contributed by atoms with Gasteiger partial charge in [-0.15, -0.1) is 0 Å². The van der Waals surface area contributed by atoms with Gasteiger partial charge in [0.15, 0.2) is 5.69 Å². The fraction of sp³-hybridized carbons (Fsp3) is 0.667. The largest absolute Gasteiger partial charge is 0.395 e. The van der Waals surface area contributed by atoms with E-state index in [0.29, 0.717) is 23.8 Å². The number of anilines is 1. The number of hydrogen-bond donors (Lipinski definition) is 3. The Bertz CT molecular complexity index is 436. The van der Waals surface area contributed by atoms with Gasteiger partial charge in [-0.1, -0.05) is 0 Å². The van der Waals surface area contributed by atoms with Crippen LogP contribution in [0, 0.1) is 0 Å². The summed E-state index contributed by atoms with van der Waals surface area (Å²) in [5.74, 6) is 0.268. The van der Waals surface area contributed by atoms with Gasteiger partial charge in [-0.05, 0) is 33.9 Å². The van der Waals surface area contributed by atoms with Gasteiger partial charge in [0.1, 0.15) is 0 Å². The minimum Gasteiger partial charge on any atom is -0.395 e. The summed E-state index contributed by atoms with van der Waals surface area (Å²) in [6.07, 6.45) is 2.26. The highest BCUT2D eigenvalue weighted by Gasteiger charge is 2.30. The molecular formula is C12H21N5O. The Morgan fingerprint density at radius 1 is 1.61 bits per heavy atom. The molecule has 6 heteroatoms. The van der Waals surface area contributed by atoms with Gasteiger partial charge < -0.3 is 16.0 Å². The summed E-state index contributed by atoms with van der Waals surface area (Å²) >= 11 is 0. The lowest BCUT2D eigenvalue weighted by atomic mass is 10.2. The average Bonchev–Trinajstić information content (AvgIpc) is 3.09. The van der Waals surface area contributed by atoms with E-state index in [0.717, 1.165) is 18.5 Å². The van der Waals surface area contributed by atoms with Crippen LogP contribution in [0.15, 0.2) is 0 Å². The number of carbonyl (C=O) groups is 1. The molecule has 1 heterocycles. The quantitative estimate of drug-likeness (QED) is 0.713. The predicted molar refractivity (Wildman–Crippen MR) is 70.5 cm³/mol. The fourth-order valence-corrected chi connectivity index (χ4v) is 1.73. The van der Waals surface area contributed by atoms with Crippen LogP contribution in [-0.2, 0) is 0 Å². The second-order valence-electron chi connectivity index (χ2n) is 5.20. The zero-order valence-corrected chi connectivity index (χ0v) is 11.2. The fourth-order valence-electron chi connectivity index (χ4n) is 1.73. The molecule has 2 rings (SSSR count). The Labute approximate surface area is 107 Å². The Morgan fingerprint density at radius 3 is 2.83 bits per heavy atom. The van der Waals surface area contributed by atoms with E-state index in [-0.39, 0.29) is 11.9 Å². The molecule has 1 amide bonds. The van der Waals surface area contributed by atoms with E-state index < -0.39 is 0 Å². The maximum Gasteiger partial charge on any atom is 0.273 e. The number of nitrogens with one attached hydrogen (secondary N) is 2. The normalized spacial score (nSPS) is 16.9. The lowest BCUT2D eigenvalue weighted by molar-refractivity contribution is 0.0939. The van der Waals surface area contributed by atoms with E-state index >= 15 is 0 Å². The van der Waals surface area contributed by atoms with Crippen LogP contribution >= 0.6 is 0 Å². The first kappa shape index (κ1) is 12.9. The second kappa shape index (κ2) is 4.97. The summed E-state index contributed by atoms with van der Waals surface area (Å²) in [5.41, 5.74) is 7.69. The van der Waals surface area contributed by atoms with Crippen LogP contribution in [-0.4, -0.2) is 47.7 Å². The number of nitrogens with zero attached hydrogens (tertiary/aromatic N) is 2. The second-order valence-corrected chi connectivity index (χ2v) is 5.20. The Hall–Kier alpha value is -1.56. The number of carbonyl (C=O) groups excluding carboxylic acids is 1. The molecule has 1 aromatic rings. The van der Waals surface area contributed by atoms with Crippen LogP contribution < -0.4 is 11.1 Å². The standard InChI is InChI=1S/C12H21N5O/c1-7(17(2)3)6-14-12(18)11-9(13)10(15-16-11)8-4-5-8/h7-8H,4-6,13H2,1-3H3,(H,14,18)(H,15,16). The van der Waals surface area contributed by atoms with Crippen molar-refractivity contribution in [3.63, 3.8) is 0 Å². The Balaban J connectivity index is 1.96. The van der Waals surface area contributed by atoms with Crippen LogP contribution in [0.25, 0.3) is 0 Å². The van der Waals surface area contributed by atoms with Gasteiger partial charge in [-0.3, -0.25) is 9.89 Å². The number of nitrogen functional groups attached to an aromatic ring is 1. The maximum atomic E-state index is 12.0. The molecule has 1 atom stereocenters. The van der Waals surface area contributed by atoms with Crippen molar-refractivity contribution in [3.8, 4) is 0 Å². The first-order chi connectivity index (χ1) is 8.50. The zero-order chi connectivity index (χ0) is 13.3. The number of amides is 1. The molecule has 0 spiro atoms. The molecule has 18 heavy (non-hydrogen) atoms. The first-order valence-corrected chi connectivity index (χ1v) is 6.29. The SMILES string of the molecule is CC(CNC(=O)c1n[nH]c(C2CC2)c1N)N(C)C. The van der Waals surface area contributed by atoms with Crippen molar-refractivity contribution in [1.29, 1.82) is 0 Å². The number of nitrogens with two attached hydrogens (primary N) is 1. The summed E-state index contributed by atoms with van der Waals surface area (Å²) in [5, 5.41) is 9.76. The third-order valence-electron chi connectivity index (χ3n) is 3.47. The van der Waals surface area contributed by atoms with E-state index in [9.17, 15) is 4.79 Å². The number of hydrogen-bond acceptors (Lipinski definition) is 4. The van der Waals surface area contributed by atoms with Gasteiger partial charge in [0.25, 0.3) is 5.91 Å². The molecule has 6 nitrogen and oxygen atoms in total. The van der Waals surface area contributed by atoms with E-state index in [1.54, 1.807) is 0 Å². The van der Waals surface area contributed by atoms with Gasteiger partial charge in [0.05, 0.1) is 11.4 Å². The maximum absolute atomic E-state index is 12.0. The minimum absolute atomic E-state index is 0.204. The average molecular weight is 251 g/mol. The highest BCUT2D eigenvalue weighted by Crippen LogP contribution is 2.42. The molecule has 0 saturated heterocycles. The summed E-state index contributed by atoms with van der Waals surface area (Å²) in [4.78, 5) is 14.0. The summed E-state index contributed by atoms with van der Waals surface area (Å²) in [6.45, 7) is 2.63. The first-order valence-electron chi connectivity index (χ1n) is 6.29. The monoisotopic (exact) mass is 251 g/mol. The molecular weight excluding hydrogens is 230 g/mol. The summed E-state index contributed by atoms with van der Waals surface area (Å²) in [6, 6.07) is 0.275. The number of rotatable bonds is 5. The smallest absolute Gasteiger partial charge is 0.273 e. The number of likely N-dealkylation sites (N-methyl/N-ethyl adjacent to an activating group) is 1. The molecule has 0 aliphatic heterocycles. The molecule has 4 N–H and O–H groups in total. The van der Waals surface area contributed by atoms with Crippen molar-refractivity contribution < 1.29 is 4.79 Å². The zero-order valence-electron chi connectivity index (χ0n) is 11.2. The van der Waals surface area contributed by atoms with Crippen LogP contribution in [0.4, 0.5) is 5.69 Å². The summed E-state index contributed by atoms with van der Waals surface area (Å²) in [7, 11) is 3.95. The van der Waals surface area contributed by atoms with Gasteiger partial charge in [0, 0.05) is 18.5 Å². The van der Waals surface area contributed by atoms with Crippen molar-refractivity contribution >= 4 is 11.6 Å². The van der Waals surface area contributed by atoms with Gasteiger partial charge in [0.2, 0.25) is 0 Å². The van der Waals surface area contributed by atoms with E-state index in [1.807, 2.05) is 25.9 Å². The van der Waals surface area contributed by atoms with E-state index in [1.165, 1.54) is 0 Å². The van der Waals surface area contributed by atoms with Crippen molar-refractivity contribution in [2.45, 2.75) is 31.7 Å². The van der Waals surface area contributed by atoms with Crippen LogP contribution in [0.1, 0.15) is 41.9 Å². The third kappa shape index (κ3) is 2.64. The molecule has 1 aliphatic carbocycles. The third-order valence-corrected chi connectivity index (χ3v) is 3.47. The van der Waals surface area contributed by atoms with Gasteiger partial charge >= 0.3 is 0 Å². The van der Waals surface area contributed by atoms with Crippen molar-refractivity contribution in [2.24, 2.45) is 0 Å². The van der Waals surface area contributed by atoms with Crippen LogP contribution in [0.2, 0.25) is 0 Å². The van der Waals surface area contributed by atoms with Crippen LogP contribution in [0.5, 0.6) is 0 Å². The predicted octanol–water partition coefficient (Wildman–Crippen LogP) is 0.549. The highest BCUT2D eigenvalue weighted by atomic mass is 16.1. The lowest BCUT2D eigenvalue weighted by Crippen LogP contribution is -2.38. The Morgan fingerprint density at radius 2 is 2.28 bits per heavy atom. The Kier molecular flexibility index (Phi) is 3.56. The van der Waals surface area contributed by atoms with Crippen molar-refractivity contribution in [3.05, 3.63) is 11.4 Å². The van der Waals surface area contributed by atoms with E-state index in [4.69, 9.17) is 5.73 Å². The minimum atomic E-state index is -0.204. The lowest BCUT2D eigenvalue weighted by Gasteiger charge is -2.19. The topological polar surface area (TPSA) is 87.0 Å². The molecule has 1 aromatic heterocycles. The number of aromatic nitrogens is 2. The van der Waals surface area contributed by atoms with Crippen molar-refractivity contribution in [2.75, 3.05) is 26.4 Å². The van der Waals surface area contributed by atoms with Crippen molar-refractivity contribution in [1.82, 2.24) is 20.4 Å². The van der Waals surface area contributed by atoms with E-state index in [2.05, 4.69) is 15.5 Å². The molecule has 0 bridgehead atoms. The summed E-state index contributed by atoms with van der Waals surface area (Å²) < 4.78 is 0. The number of aromatic amines is 1. The number of H-pyrrole nitrogens is 1. The molecule has 1 aliphatic rings. The molecule has 100 valence electrons. The molecule has 0 radical (unpaired) electrons. The molecule has 1 saturated carbocycles. The molecule has 1 fully saturated rings. The van der Waals surface area contributed by atoms with Crippen LogP contribution in [0.3, 0.4) is 0 Å². The van der Waals surface area contributed by atoms with Gasteiger partial charge in [-0.25, -0.2) is 0 Å². The highest BCUT2D eigenvalue weighted by molar-refractivity contribution is 5.97. The molecule has 0 aromatic carbocycles. The van der Waals surface area contributed by atoms with Gasteiger partial charge in [-0.2, -0.15) is 5.10 Å².